The van der Waals surface area contributed by atoms with Crippen molar-refractivity contribution in [2.75, 3.05) is 13.6 Å². The molecule has 0 saturated carbocycles. The van der Waals surface area contributed by atoms with E-state index < -0.39 is 0 Å². The number of halogens is 1. The van der Waals surface area contributed by atoms with Gasteiger partial charge in [-0.15, -0.1) is 0 Å². The molecule has 0 atom stereocenters. The molecule has 0 bridgehead atoms. The topological polar surface area (TPSA) is 12.0 Å². The Labute approximate surface area is 87.2 Å². The van der Waals surface area contributed by atoms with Crippen LogP contribution in [-0.4, -0.2) is 13.6 Å². The van der Waals surface area contributed by atoms with Crippen molar-refractivity contribution in [1.82, 2.24) is 5.32 Å². The highest BCUT2D eigenvalue weighted by molar-refractivity contribution is 6.31. The van der Waals surface area contributed by atoms with Crippen LogP contribution in [0, 0.1) is 0 Å². The Kier molecular flexibility index (Phi) is 13.2. The minimum absolute atomic E-state index is 0.597. The summed E-state index contributed by atoms with van der Waals surface area (Å²) in [5.41, 5.74) is 1.04. The summed E-state index contributed by atoms with van der Waals surface area (Å²) in [5.74, 6) is 0. The first-order valence-corrected chi connectivity index (χ1v) is 4.91. The molecule has 0 saturated heterocycles. The van der Waals surface area contributed by atoms with Crippen LogP contribution in [0.3, 0.4) is 0 Å². The fourth-order valence-electron chi connectivity index (χ4n) is 0.711. The Bertz CT molecular complexity index is 171. The average molecular weight is 202 g/mol. The third-order valence-electron chi connectivity index (χ3n) is 1.31. The van der Waals surface area contributed by atoms with Gasteiger partial charge in [0.1, 0.15) is 0 Å². The normalized spacial score (nSPS) is 10.0. The Morgan fingerprint density at radius 1 is 1.46 bits per heavy atom. The molecule has 0 aliphatic rings. The standard InChI is InChI=1S/C9H14ClN.C2H6/c1-4-5-9(8(2)10)6-7-11-3;1-2/h4-5,11H,1-2,6-7H2,3H3;1-2H3/b9-5-;. The van der Waals surface area contributed by atoms with Crippen LogP contribution in [0.2, 0.25) is 0 Å². The van der Waals surface area contributed by atoms with Gasteiger partial charge < -0.3 is 5.32 Å². The molecule has 0 aromatic carbocycles. The molecular weight excluding hydrogens is 182 g/mol. The zero-order valence-corrected chi connectivity index (χ0v) is 9.62. The van der Waals surface area contributed by atoms with E-state index in [1.807, 2.05) is 27.0 Å². The molecule has 0 radical (unpaired) electrons. The molecular formula is C11H20ClN. The first kappa shape index (κ1) is 15.0. The molecule has 0 amide bonds. The van der Waals surface area contributed by atoms with E-state index in [1.165, 1.54) is 0 Å². The van der Waals surface area contributed by atoms with E-state index in [1.54, 1.807) is 6.08 Å². The second kappa shape index (κ2) is 11.5. The van der Waals surface area contributed by atoms with Gasteiger partial charge in [-0.25, -0.2) is 0 Å². The molecule has 13 heavy (non-hydrogen) atoms. The summed E-state index contributed by atoms with van der Waals surface area (Å²) in [4.78, 5) is 0. The number of rotatable bonds is 5. The molecule has 0 spiro atoms. The van der Waals surface area contributed by atoms with Crippen LogP contribution < -0.4 is 5.32 Å². The number of hydrogen-bond acceptors (Lipinski definition) is 1. The molecule has 0 rings (SSSR count). The van der Waals surface area contributed by atoms with Crippen LogP contribution in [-0.2, 0) is 0 Å². The van der Waals surface area contributed by atoms with Crippen molar-refractivity contribution in [2.24, 2.45) is 0 Å². The summed E-state index contributed by atoms with van der Waals surface area (Å²) in [6, 6.07) is 0. The molecule has 0 fully saturated rings. The lowest BCUT2D eigenvalue weighted by molar-refractivity contribution is 0.793. The zero-order chi connectivity index (χ0) is 10.7. The van der Waals surface area contributed by atoms with Gasteiger partial charge in [0.2, 0.25) is 0 Å². The van der Waals surface area contributed by atoms with E-state index in [0.717, 1.165) is 18.5 Å². The van der Waals surface area contributed by atoms with Gasteiger partial charge >= 0.3 is 0 Å². The number of nitrogens with one attached hydrogen (secondary N) is 1. The Hall–Kier alpha value is -0.530. The highest BCUT2D eigenvalue weighted by Gasteiger charge is 1.96. The van der Waals surface area contributed by atoms with Crippen molar-refractivity contribution >= 4 is 11.6 Å². The molecule has 1 N–H and O–H groups in total. The largest absolute Gasteiger partial charge is 0.319 e. The Morgan fingerprint density at radius 2 is 2.00 bits per heavy atom. The molecule has 0 heterocycles. The van der Waals surface area contributed by atoms with E-state index in [4.69, 9.17) is 11.6 Å². The lowest BCUT2D eigenvalue weighted by Gasteiger charge is -2.02. The number of allylic oxidation sites excluding steroid dienone is 3. The van der Waals surface area contributed by atoms with Crippen molar-refractivity contribution in [3.63, 3.8) is 0 Å². The molecule has 0 aliphatic heterocycles. The maximum Gasteiger partial charge on any atom is 0.0366 e. The summed E-state index contributed by atoms with van der Waals surface area (Å²) >= 11 is 5.72. The van der Waals surface area contributed by atoms with E-state index >= 15 is 0 Å². The average Bonchev–Trinajstić information content (AvgIpc) is 2.15. The van der Waals surface area contributed by atoms with Crippen LogP contribution in [0.5, 0.6) is 0 Å². The maximum atomic E-state index is 5.72. The molecule has 0 aliphatic carbocycles. The molecule has 0 unspecified atom stereocenters. The van der Waals surface area contributed by atoms with Crippen LogP contribution in [0.4, 0.5) is 0 Å². The van der Waals surface area contributed by atoms with E-state index in [-0.39, 0.29) is 0 Å². The van der Waals surface area contributed by atoms with Crippen LogP contribution >= 0.6 is 11.6 Å². The van der Waals surface area contributed by atoms with Gasteiger partial charge in [-0.05, 0) is 25.6 Å². The zero-order valence-electron chi connectivity index (χ0n) is 8.86. The molecule has 0 aromatic rings. The van der Waals surface area contributed by atoms with Gasteiger partial charge in [-0.1, -0.05) is 50.8 Å². The highest BCUT2D eigenvalue weighted by Crippen LogP contribution is 2.15. The van der Waals surface area contributed by atoms with Gasteiger partial charge in [0.25, 0.3) is 0 Å². The predicted octanol–water partition coefficient (Wildman–Crippen LogP) is 3.49. The predicted molar refractivity (Wildman–Crippen MR) is 63.2 cm³/mol. The van der Waals surface area contributed by atoms with Gasteiger partial charge in [0.15, 0.2) is 0 Å². The smallest absolute Gasteiger partial charge is 0.0366 e. The van der Waals surface area contributed by atoms with Gasteiger partial charge in [0.05, 0.1) is 0 Å². The second-order valence-corrected chi connectivity index (χ2v) is 2.64. The minimum Gasteiger partial charge on any atom is -0.319 e. The maximum absolute atomic E-state index is 5.72. The summed E-state index contributed by atoms with van der Waals surface area (Å²) in [7, 11) is 1.91. The van der Waals surface area contributed by atoms with Crippen molar-refractivity contribution in [3.8, 4) is 0 Å². The lowest BCUT2D eigenvalue weighted by Crippen LogP contribution is -2.08. The van der Waals surface area contributed by atoms with E-state index in [0.29, 0.717) is 5.03 Å². The highest BCUT2D eigenvalue weighted by atomic mass is 35.5. The van der Waals surface area contributed by atoms with E-state index in [2.05, 4.69) is 18.5 Å². The first-order valence-electron chi connectivity index (χ1n) is 4.53. The lowest BCUT2D eigenvalue weighted by atomic mass is 10.1. The SMILES string of the molecule is C=C/C=C(/CCNC)C(=C)Cl.CC. The van der Waals surface area contributed by atoms with Gasteiger partial charge in [-0.3, -0.25) is 0 Å². The first-order chi connectivity index (χ1) is 6.22. The van der Waals surface area contributed by atoms with Crippen molar-refractivity contribution in [3.05, 3.63) is 35.9 Å². The Morgan fingerprint density at radius 3 is 2.31 bits per heavy atom. The minimum atomic E-state index is 0.597. The van der Waals surface area contributed by atoms with Crippen LogP contribution in [0.1, 0.15) is 20.3 Å². The fourth-order valence-corrected chi connectivity index (χ4v) is 0.869. The van der Waals surface area contributed by atoms with Crippen molar-refractivity contribution in [2.45, 2.75) is 20.3 Å². The fraction of sp³-hybridized carbons (Fsp3) is 0.455. The Balaban J connectivity index is 0. The molecule has 0 aromatic heterocycles. The third-order valence-corrected chi connectivity index (χ3v) is 1.55. The summed E-state index contributed by atoms with van der Waals surface area (Å²) in [6.45, 7) is 12.2. The van der Waals surface area contributed by atoms with Crippen LogP contribution in [0.15, 0.2) is 35.9 Å². The monoisotopic (exact) mass is 201 g/mol. The molecule has 2 heteroatoms. The molecule has 76 valence electrons. The second-order valence-electron chi connectivity index (χ2n) is 2.19. The summed E-state index contributed by atoms with van der Waals surface area (Å²) in [5, 5.41) is 3.63. The summed E-state index contributed by atoms with van der Waals surface area (Å²) < 4.78 is 0. The summed E-state index contributed by atoms with van der Waals surface area (Å²) in [6.07, 6.45) is 4.50. The quantitative estimate of drug-likeness (QED) is 0.672. The van der Waals surface area contributed by atoms with Crippen molar-refractivity contribution in [1.29, 1.82) is 0 Å². The number of hydrogen-bond donors (Lipinski definition) is 1. The van der Waals surface area contributed by atoms with E-state index in [9.17, 15) is 0 Å². The van der Waals surface area contributed by atoms with Gasteiger partial charge in [-0.2, -0.15) is 0 Å². The van der Waals surface area contributed by atoms with Crippen LogP contribution in [0.25, 0.3) is 0 Å². The molecule has 1 nitrogen and oxygen atoms in total. The van der Waals surface area contributed by atoms with Crippen molar-refractivity contribution < 1.29 is 0 Å². The van der Waals surface area contributed by atoms with Gasteiger partial charge in [0, 0.05) is 5.03 Å². The third kappa shape index (κ3) is 9.38.